The van der Waals surface area contributed by atoms with Gasteiger partial charge in [-0.05, 0) is 59.0 Å². The highest BCUT2D eigenvalue weighted by atomic mass is 35.5. The summed E-state index contributed by atoms with van der Waals surface area (Å²) in [5.74, 6) is -1.52. The molecule has 2 amide bonds. The number of carbonyl (C=O) groups excluding carboxylic acids is 2. The molecule has 3 heterocycles. The molecule has 0 aliphatic carbocycles. The van der Waals surface area contributed by atoms with E-state index in [4.69, 9.17) is 21.4 Å². The van der Waals surface area contributed by atoms with E-state index in [1.807, 2.05) is 0 Å². The molecule has 0 saturated carbocycles. The fraction of sp³-hybridized carbons (Fsp3) is 0.192. The molecule has 0 bridgehead atoms. The molecular weight excluding hydrogens is 540 g/mol. The second-order valence-electron chi connectivity index (χ2n) is 8.83. The molecule has 204 valence electrons. The van der Waals surface area contributed by atoms with E-state index in [-0.39, 0.29) is 12.0 Å². The average molecular weight is 563 g/mol. The number of aromatic carboxylic acids is 1. The number of halogens is 1. The van der Waals surface area contributed by atoms with E-state index in [1.165, 1.54) is 41.4 Å². The fourth-order valence-electron chi connectivity index (χ4n) is 4.09. The molecule has 1 atom stereocenters. The summed E-state index contributed by atoms with van der Waals surface area (Å²) in [6.45, 7) is 1.28. The summed E-state index contributed by atoms with van der Waals surface area (Å²) in [7, 11) is 0. The number of carboxylic acids is 1. The van der Waals surface area contributed by atoms with Crippen LogP contribution in [0, 0.1) is 0 Å². The van der Waals surface area contributed by atoms with Crippen molar-refractivity contribution in [3.05, 3.63) is 82.8 Å². The summed E-state index contributed by atoms with van der Waals surface area (Å²) in [5, 5.41) is 30.7. The first kappa shape index (κ1) is 26.6. The van der Waals surface area contributed by atoms with Crippen LogP contribution < -0.4 is 15.4 Å². The van der Waals surface area contributed by atoms with Gasteiger partial charge in [-0.25, -0.2) is 9.48 Å². The number of nitrogens with zero attached hydrogens (tertiary/aromatic N) is 6. The van der Waals surface area contributed by atoms with Crippen molar-refractivity contribution in [2.24, 2.45) is 0 Å². The SMILES string of the molecule is O=C(/C=C/c1cc(Cl)ccc1-n1cnnn1)N[C@@H](Cc1cc2n(n1)CCCO2)C(=O)Nc1ccc(C(=O)O)cc1. The molecule has 3 N–H and O–H groups in total. The Labute approximate surface area is 232 Å². The van der Waals surface area contributed by atoms with Gasteiger partial charge in [0.25, 0.3) is 0 Å². The molecule has 0 spiro atoms. The molecule has 1 aliphatic heterocycles. The van der Waals surface area contributed by atoms with Crippen molar-refractivity contribution >= 4 is 41.1 Å². The van der Waals surface area contributed by atoms with E-state index >= 15 is 0 Å². The number of fused-ring (bicyclic) bond motifs is 1. The van der Waals surface area contributed by atoms with Gasteiger partial charge < -0.3 is 20.5 Å². The van der Waals surface area contributed by atoms with Crippen molar-refractivity contribution in [1.29, 1.82) is 0 Å². The molecule has 14 heteroatoms. The molecular formula is C26H23ClN8O5. The van der Waals surface area contributed by atoms with E-state index in [2.05, 4.69) is 31.3 Å². The zero-order valence-corrected chi connectivity index (χ0v) is 21.7. The molecule has 40 heavy (non-hydrogen) atoms. The Morgan fingerprint density at radius 1 is 1.15 bits per heavy atom. The fourth-order valence-corrected chi connectivity index (χ4v) is 4.27. The molecule has 5 rings (SSSR count). The zero-order chi connectivity index (χ0) is 28.1. The second kappa shape index (κ2) is 11.8. The standard InChI is InChI=1S/C26H23ClN8O5/c27-18-5-8-22(35-15-28-32-33-35)17(12-18)4-9-23(36)30-21(13-20-14-24-34(31-20)10-1-11-40-24)25(37)29-19-6-2-16(3-7-19)26(38)39/h2-9,12,14-15,21H,1,10-11,13H2,(H,29,37)(H,30,36)(H,38,39)/b9-4+/t21-/m0/s1. The summed E-state index contributed by atoms with van der Waals surface area (Å²) in [5.41, 5.74) is 2.20. The average Bonchev–Trinajstić information content (AvgIpc) is 3.62. The maximum Gasteiger partial charge on any atom is 0.335 e. The van der Waals surface area contributed by atoms with Gasteiger partial charge in [0.1, 0.15) is 12.4 Å². The van der Waals surface area contributed by atoms with E-state index < -0.39 is 23.8 Å². The second-order valence-corrected chi connectivity index (χ2v) is 9.26. The Bertz CT molecular complexity index is 1540. The summed E-state index contributed by atoms with van der Waals surface area (Å²) in [6, 6.07) is 11.5. The first-order chi connectivity index (χ1) is 19.4. The number of carboxylic acid groups (broad SMARTS) is 1. The van der Waals surface area contributed by atoms with Gasteiger partial charge in [0, 0.05) is 47.8 Å². The van der Waals surface area contributed by atoms with Crippen molar-refractivity contribution < 1.29 is 24.2 Å². The first-order valence-electron chi connectivity index (χ1n) is 12.2. The maximum absolute atomic E-state index is 13.3. The number of ether oxygens (including phenoxy) is 1. The van der Waals surface area contributed by atoms with Crippen molar-refractivity contribution in [2.75, 3.05) is 11.9 Å². The Hall–Kier alpha value is -5.04. The van der Waals surface area contributed by atoms with Crippen LogP contribution in [0.3, 0.4) is 0 Å². The molecule has 2 aromatic heterocycles. The number of rotatable bonds is 9. The number of aryl methyl sites for hydroxylation is 1. The number of amides is 2. The highest BCUT2D eigenvalue weighted by Crippen LogP contribution is 2.21. The maximum atomic E-state index is 13.3. The Kier molecular flexibility index (Phi) is 7.82. The van der Waals surface area contributed by atoms with Crippen LogP contribution in [-0.2, 0) is 22.6 Å². The zero-order valence-electron chi connectivity index (χ0n) is 20.9. The van der Waals surface area contributed by atoms with Crippen molar-refractivity contribution in [3.8, 4) is 11.6 Å². The lowest BCUT2D eigenvalue weighted by molar-refractivity contribution is -0.123. The van der Waals surface area contributed by atoms with Crippen LogP contribution >= 0.6 is 11.6 Å². The number of nitrogens with one attached hydrogen (secondary N) is 2. The predicted octanol–water partition coefficient (Wildman–Crippen LogP) is 2.37. The first-order valence-corrected chi connectivity index (χ1v) is 12.6. The van der Waals surface area contributed by atoms with Gasteiger partial charge in [-0.2, -0.15) is 9.78 Å². The van der Waals surface area contributed by atoms with Gasteiger partial charge in [-0.1, -0.05) is 11.6 Å². The van der Waals surface area contributed by atoms with Crippen LogP contribution in [0.2, 0.25) is 5.02 Å². The minimum absolute atomic E-state index is 0.0821. The molecule has 0 fully saturated rings. The monoisotopic (exact) mass is 562 g/mol. The molecule has 13 nitrogen and oxygen atoms in total. The largest absolute Gasteiger partial charge is 0.478 e. The third-order valence-electron chi connectivity index (χ3n) is 6.00. The van der Waals surface area contributed by atoms with Crippen LogP contribution in [-0.4, -0.2) is 65.5 Å². The number of carbonyl (C=O) groups is 3. The lowest BCUT2D eigenvalue weighted by Gasteiger charge is -2.17. The van der Waals surface area contributed by atoms with Gasteiger partial charge in [-0.3, -0.25) is 9.59 Å². The number of hydrogen-bond acceptors (Lipinski definition) is 8. The molecule has 0 unspecified atom stereocenters. The van der Waals surface area contributed by atoms with Gasteiger partial charge in [0.2, 0.25) is 17.7 Å². The van der Waals surface area contributed by atoms with E-state index in [0.29, 0.717) is 46.7 Å². The van der Waals surface area contributed by atoms with Crippen LogP contribution in [0.25, 0.3) is 11.8 Å². The van der Waals surface area contributed by atoms with E-state index in [9.17, 15) is 14.4 Å². The van der Waals surface area contributed by atoms with E-state index in [0.717, 1.165) is 6.42 Å². The molecule has 4 aromatic rings. The quantitative estimate of drug-likeness (QED) is 0.259. The Balaban J connectivity index is 1.35. The number of aromatic nitrogens is 6. The number of hydrogen-bond donors (Lipinski definition) is 3. The Morgan fingerprint density at radius 2 is 1.98 bits per heavy atom. The van der Waals surface area contributed by atoms with Crippen molar-refractivity contribution in [3.63, 3.8) is 0 Å². The summed E-state index contributed by atoms with van der Waals surface area (Å²) >= 11 is 6.16. The Morgan fingerprint density at radius 3 is 2.70 bits per heavy atom. The van der Waals surface area contributed by atoms with Gasteiger partial charge in [0.15, 0.2) is 0 Å². The van der Waals surface area contributed by atoms with Crippen LogP contribution in [0.15, 0.2) is 60.9 Å². The van der Waals surface area contributed by atoms with Crippen LogP contribution in [0.1, 0.15) is 28.0 Å². The molecule has 2 aromatic carbocycles. The smallest absolute Gasteiger partial charge is 0.335 e. The highest BCUT2D eigenvalue weighted by Gasteiger charge is 2.24. The molecule has 0 saturated heterocycles. The van der Waals surface area contributed by atoms with Gasteiger partial charge in [0.05, 0.1) is 23.6 Å². The third-order valence-corrected chi connectivity index (χ3v) is 6.24. The lowest BCUT2D eigenvalue weighted by atomic mass is 10.1. The predicted molar refractivity (Wildman–Crippen MR) is 143 cm³/mol. The van der Waals surface area contributed by atoms with Gasteiger partial charge >= 0.3 is 5.97 Å². The summed E-state index contributed by atoms with van der Waals surface area (Å²) < 4.78 is 8.77. The summed E-state index contributed by atoms with van der Waals surface area (Å²) in [4.78, 5) is 37.4. The lowest BCUT2D eigenvalue weighted by Crippen LogP contribution is -2.44. The number of benzene rings is 2. The van der Waals surface area contributed by atoms with Crippen molar-refractivity contribution in [2.45, 2.75) is 25.4 Å². The topological polar surface area (TPSA) is 166 Å². The molecule has 1 aliphatic rings. The highest BCUT2D eigenvalue weighted by molar-refractivity contribution is 6.30. The number of anilines is 1. The van der Waals surface area contributed by atoms with E-state index in [1.54, 1.807) is 35.0 Å². The van der Waals surface area contributed by atoms with Crippen LogP contribution in [0.5, 0.6) is 5.88 Å². The molecule has 0 radical (unpaired) electrons. The van der Waals surface area contributed by atoms with Gasteiger partial charge in [-0.15, -0.1) is 5.10 Å². The van der Waals surface area contributed by atoms with Crippen LogP contribution in [0.4, 0.5) is 5.69 Å². The normalized spacial score (nSPS) is 13.3. The van der Waals surface area contributed by atoms with Crippen molar-refractivity contribution in [1.82, 2.24) is 35.3 Å². The summed E-state index contributed by atoms with van der Waals surface area (Å²) in [6.07, 6.45) is 5.15. The number of tetrazole rings is 1. The minimum atomic E-state index is -1.08. The minimum Gasteiger partial charge on any atom is -0.478 e. The third kappa shape index (κ3) is 6.32.